The highest BCUT2D eigenvalue weighted by Gasteiger charge is 2.18. The minimum Gasteiger partial charge on any atom is -0.454 e. The van der Waals surface area contributed by atoms with Gasteiger partial charge in [0.05, 0.1) is 16.9 Å². The molecule has 0 N–H and O–H groups in total. The van der Waals surface area contributed by atoms with E-state index in [1.54, 1.807) is 12.4 Å². The summed E-state index contributed by atoms with van der Waals surface area (Å²) >= 11 is 0. The van der Waals surface area contributed by atoms with Crippen LogP contribution >= 0.6 is 0 Å². The molecule has 8 rings (SSSR count). The molecule has 0 saturated heterocycles. The molecule has 4 aromatic heterocycles. The zero-order chi connectivity index (χ0) is 27.2. The Hall–Kier alpha value is -5.68. The molecule has 0 saturated carbocycles. The standard InChI is InChI=1S/C36H22N4O/c1-2-8-23(9-3-1)30-22-31(40-36(39-30)26-18-20-37-21-19-26)24-14-16-25(17-15-24)33-27-10-4-6-12-29(27)38-34-28-11-5-7-13-32(28)41-35(33)34/h1-22H. The van der Waals surface area contributed by atoms with E-state index in [4.69, 9.17) is 19.4 Å². The van der Waals surface area contributed by atoms with Crippen LogP contribution in [0.1, 0.15) is 0 Å². The van der Waals surface area contributed by atoms with Gasteiger partial charge in [-0.2, -0.15) is 0 Å². The third-order valence-electron chi connectivity index (χ3n) is 7.41. The largest absolute Gasteiger partial charge is 0.454 e. The molecule has 0 amide bonds. The van der Waals surface area contributed by atoms with Gasteiger partial charge in [0.2, 0.25) is 0 Å². The summed E-state index contributed by atoms with van der Waals surface area (Å²) in [5.41, 5.74) is 10.2. The molecule has 192 valence electrons. The predicted molar refractivity (Wildman–Crippen MR) is 164 cm³/mol. The summed E-state index contributed by atoms with van der Waals surface area (Å²) in [6, 6.07) is 40.9. The van der Waals surface area contributed by atoms with E-state index in [-0.39, 0.29) is 0 Å². The third kappa shape index (κ3) is 4.03. The summed E-state index contributed by atoms with van der Waals surface area (Å²) in [6.07, 6.45) is 3.53. The first kappa shape index (κ1) is 23.2. The Morgan fingerprint density at radius 2 is 1.12 bits per heavy atom. The van der Waals surface area contributed by atoms with Crippen LogP contribution in [0.25, 0.3) is 78.0 Å². The first-order chi connectivity index (χ1) is 20.3. The minimum absolute atomic E-state index is 0.664. The normalized spacial score (nSPS) is 11.4. The van der Waals surface area contributed by atoms with Crippen molar-refractivity contribution in [2.45, 2.75) is 0 Å². The lowest BCUT2D eigenvalue weighted by molar-refractivity contribution is 0.670. The topological polar surface area (TPSA) is 64.7 Å². The van der Waals surface area contributed by atoms with Gasteiger partial charge < -0.3 is 4.42 Å². The molecule has 4 heterocycles. The molecule has 0 aliphatic rings. The number of para-hydroxylation sites is 2. The lowest BCUT2D eigenvalue weighted by Crippen LogP contribution is -1.96. The summed E-state index contributed by atoms with van der Waals surface area (Å²) < 4.78 is 6.40. The smallest absolute Gasteiger partial charge is 0.162 e. The molecule has 0 atom stereocenters. The number of aromatic nitrogens is 4. The first-order valence-electron chi connectivity index (χ1n) is 13.5. The van der Waals surface area contributed by atoms with Crippen LogP contribution in [-0.2, 0) is 0 Å². The lowest BCUT2D eigenvalue weighted by atomic mass is 9.97. The maximum absolute atomic E-state index is 6.40. The average Bonchev–Trinajstić information content (AvgIpc) is 3.42. The van der Waals surface area contributed by atoms with Gasteiger partial charge in [-0.15, -0.1) is 0 Å². The van der Waals surface area contributed by atoms with E-state index in [1.165, 1.54) is 0 Å². The van der Waals surface area contributed by atoms with E-state index < -0.39 is 0 Å². The summed E-state index contributed by atoms with van der Waals surface area (Å²) in [5, 5.41) is 2.07. The predicted octanol–water partition coefficient (Wildman–Crippen LogP) is 8.99. The van der Waals surface area contributed by atoms with E-state index in [2.05, 4.69) is 59.6 Å². The summed E-state index contributed by atoms with van der Waals surface area (Å²) in [7, 11) is 0. The van der Waals surface area contributed by atoms with Crippen molar-refractivity contribution < 1.29 is 4.42 Å². The van der Waals surface area contributed by atoms with Crippen LogP contribution in [-0.4, -0.2) is 19.9 Å². The Kier molecular flexibility index (Phi) is 5.38. The van der Waals surface area contributed by atoms with Gasteiger partial charge in [0.15, 0.2) is 11.4 Å². The van der Waals surface area contributed by atoms with Crippen molar-refractivity contribution in [1.29, 1.82) is 0 Å². The van der Waals surface area contributed by atoms with Crippen molar-refractivity contribution >= 4 is 33.0 Å². The van der Waals surface area contributed by atoms with Crippen LogP contribution < -0.4 is 0 Å². The van der Waals surface area contributed by atoms with E-state index in [9.17, 15) is 0 Å². The van der Waals surface area contributed by atoms with E-state index in [0.29, 0.717) is 5.82 Å². The quantitative estimate of drug-likeness (QED) is 0.229. The molecule has 4 aromatic carbocycles. The molecular weight excluding hydrogens is 504 g/mol. The SMILES string of the molecule is c1ccc(-c2cc(-c3ccc(-c4c5ccccc5nc5c4oc4ccccc45)cc3)nc(-c3ccncc3)n2)cc1. The second-order valence-corrected chi connectivity index (χ2v) is 9.92. The maximum Gasteiger partial charge on any atom is 0.162 e. The molecule has 0 spiro atoms. The van der Waals surface area contributed by atoms with Crippen LogP contribution in [0.15, 0.2) is 138 Å². The van der Waals surface area contributed by atoms with Gasteiger partial charge >= 0.3 is 0 Å². The Labute approximate surface area is 235 Å². The van der Waals surface area contributed by atoms with Crippen LogP contribution in [0, 0.1) is 0 Å². The molecule has 8 aromatic rings. The Morgan fingerprint density at radius 1 is 0.488 bits per heavy atom. The number of benzene rings is 4. The number of nitrogens with zero attached hydrogens (tertiary/aromatic N) is 4. The van der Waals surface area contributed by atoms with Crippen LogP contribution in [0.2, 0.25) is 0 Å². The second kappa shape index (κ2) is 9.50. The van der Waals surface area contributed by atoms with Gasteiger partial charge in [-0.3, -0.25) is 4.98 Å². The van der Waals surface area contributed by atoms with Gasteiger partial charge in [-0.25, -0.2) is 15.0 Å². The highest BCUT2D eigenvalue weighted by atomic mass is 16.3. The van der Waals surface area contributed by atoms with Crippen molar-refractivity contribution in [2.75, 3.05) is 0 Å². The van der Waals surface area contributed by atoms with Crippen LogP contribution in [0.5, 0.6) is 0 Å². The van der Waals surface area contributed by atoms with Crippen LogP contribution in [0.4, 0.5) is 0 Å². The zero-order valence-corrected chi connectivity index (χ0v) is 21.9. The highest BCUT2D eigenvalue weighted by molar-refractivity contribution is 6.14. The number of furan rings is 1. The first-order valence-corrected chi connectivity index (χ1v) is 13.5. The summed E-state index contributed by atoms with van der Waals surface area (Å²) in [6.45, 7) is 0. The number of fused-ring (bicyclic) bond motifs is 4. The number of hydrogen-bond donors (Lipinski definition) is 0. The third-order valence-corrected chi connectivity index (χ3v) is 7.41. The van der Waals surface area contributed by atoms with Gasteiger partial charge in [0, 0.05) is 45.4 Å². The Morgan fingerprint density at radius 3 is 1.90 bits per heavy atom. The van der Waals surface area contributed by atoms with Crippen LogP contribution in [0.3, 0.4) is 0 Å². The van der Waals surface area contributed by atoms with Gasteiger partial charge in [0.25, 0.3) is 0 Å². The van der Waals surface area contributed by atoms with E-state index >= 15 is 0 Å². The zero-order valence-electron chi connectivity index (χ0n) is 21.9. The fourth-order valence-electron chi connectivity index (χ4n) is 5.41. The molecule has 5 heteroatoms. The molecule has 0 bridgehead atoms. The number of pyridine rings is 2. The van der Waals surface area contributed by atoms with Crippen molar-refractivity contribution in [3.05, 3.63) is 134 Å². The summed E-state index contributed by atoms with van der Waals surface area (Å²) in [4.78, 5) is 19.0. The Balaban J connectivity index is 1.30. The molecule has 0 aliphatic carbocycles. The van der Waals surface area contributed by atoms with E-state index in [0.717, 1.165) is 72.2 Å². The number of hydrogen-bond acceptors (Lipinski definition) is 5. The number of rotatable bonds is 4. The van der Waals surface area contributed by atoms with Crippen molar-refractivity contribution in [3.8, 4) is 45.0 Å². The lowest BCUT2D eigenvalue weighted by Gasteiger charge is -2.11. The summed E-state index contributed by atoms with van der Waals surface area (Å²) in [5.74, 6) is 0.664. The molecule has 5 nitrogen and oxygen atoms in total. The molecule has 0 aliphatic heterocycles. The molecule has 0 radical (unpaired) electrons. The molecule has 0 fully saturated rings. The van der Waals surface area contributed by atoms with Crippen molar-refractivity contribution in [1.82, 2.24) is 19.9 Å². The maximum atomic E-state index is 6.40. The molecular formula is C36H22N4O. The van der Waals surface area contributed by atoms with Gasteiger partial charge in [-0.1, -0.05) is 84.9 Å². The minimum atomic E-state index is 0.664. The monoisotopic (exact) mass is 526 g/mol. The van der Waals surface area contributed by atoms with Crippen molar-refractivity contribution in [2.24, 2.45) is 0 Å². The Bertz CT molecular complexity index is 2130. The van der Waals surface area contributed by atoms with Gasteiger partial charge in [-0.05, 0) is 42.0 Å². The van der Waals surface area contributed by atoms with E-state index in [1.807, 2.05) is 66.7 Å². The molecule has 41 heavy (non-hydrogen) atoms. The fourth-order valence-corrected chi connectivity index (χ4v) is 5.41. The average molecular weight is 527 g/mol. The van der Waals surface area contributed by atoms with Gasteiger partial charge in [0.1, 0.15) is 11.1 Å². The fraction of sp³-hybridized carbons (Fsp3) is 0. The highest BCUT2D eigenvalue weighted by Crippen LogP contribution is 2.40. The van der Waals surface area contributed by atoms with Crippen molar-refractivity contribution in [3.63, 3.8) is 0 Å². The molecule has 0 unspecified atom stereocenters. The second-order valence-electron chi connectivity index (χ2n) is 9.92.